The fourth-order valence-corrected chi connectivity index (χ4v) is 2.95. The van der Waals surface area contributed by atoms with Gasteiger partial charge in [0.15, 0.2) is 0 Å². The van der Waals surface area contributed by atoms with Crippen molar-refractivity contribution in [3.8, 4) is 0 Å². The Balaban J connectivity index is 1.37. The number of ether oxygens (including phenoxy) is 1. The number of likely N-dealkylation sites (tertiary alicyclic amines) is 1. The van der Waals surface area contributed by atoms with Crippen LogP contribution in [-0.4, -0.2) is 49.8 Å². The highest BCUT2D eigenvalue weighted by Gasteiger charge is 2.34. The molecule has 2 saturated heterocycles. The van der Waals surface area contributed by atoms with Gasteiger partial charge in [0.25, 0.3) is 0 Å². The Hall–Kier alpha value is -0.120. The van der Waals surface area contributed by atoms with Gasteiger partial charge >= 0.3 is 0 Å². The van der Waals surface area contributed by atoms with E-state index in [9.17, 15) is 0 Å². The molecule has 1 saturated carbocycles. The van der Waals surface area contributed by atoms with Crippen LogP contribution in [0.15, 0.2) is 0 Å². The summed E-state index contributed by atoms with van der Waals surface area (Å²) >= 11 is 0. The summed E-state index contributed by atoms with van der Waals surface area (Å²) in [4.78, 5) is 2.71. The summed E-state index contributed by atoms with van der Waals surface area (Å²) in [7, 11) is 0. The molecule has 16 heavy (non-hydrogen) atoms. The van der Waals surface area contributed by atoms with Crippen LogP contribution in [0.1, 0.15) is 32.1 Å². The highest BCUT2D eigenvalue weighted by molar-refractivity contribution is 4.90. The Morgan fingerprint density at radius 1 is 1.00 bits per heavy atom. The van der Waals surface area contributed by atoms with Crippen molar-refractivity contribution in [1.82, 2.24) is 10.2 Å². The minimum absolute atomic E-state index is 0.815. The average Bonchev–Trinajstić information content (AvgIpc) is 3.08. The Morgan fingerprint density at radius 2 is 1.81 bits per heavy atom. The van der Waals surface area contributed by atoms with E-state index >= 15 is 0 Å². The summed E-state index contributed by atoms with van der Waals surface area (Å²) in [5, 5.41) is 3.65. The molecule has 0 aromatic rings. The van der Waals surface area contributed by atoms with Crippen molar-refractivity contribution in [2.24, 2.45) is 5.92 Å². The van der Waals surface area contributed by atoms with Crippen molar-refractivity contribution in [2.45, 2.75) is 44.2 Å². The quantitative estimate of drug-likeness (QED) is 0.760. The molecule has 3 fully saturated rings. The lowest BCUT2D eigenvalue weighted by Gasteiger charge is -2.47. The Bertz CT molecular complexity index is 224. The number of hydrogen-bond donors (Lipinski definition) is 1. The number of nitrogens with zero attached hydrogens (tertiary/aromatic N) is 1. The average molecular weight is 224 g/mol. The van der Waals surface area contributed by atoms with Gasteiger partial charge in [-0.05, 0) is 44.6 Å². The van der Waals surface area contributed by atoms with Gasteiger partial charge in [-0.2, -0.15) is 0 Å². The second-order valence-corrected chi connectivity index (χ2v) is 5.63. The summed E-state index contributed by atoms with van der Waals surface area (Å²) < 4.78 is 5.43. The third-order valence-corrected chi connectivity index (χ3v) is 4.36. The van der Waals surface area contributed by atoms with E-state index in [4.69, 9.17) is 4.74 Å². The molecule has 3 nitrogen and oxygen atoms in total. The molecule has 0 aromatic carbocycles. The van der Waals surface area contributed by atoms with Crippen molar-refractivity contribution >= 4 is 0 Å². The maximum atomic E-state index is 5.43. The van der Waals surface area contributed by atoms with Gasteiger partial charge in [0.2, 0.25) is 0 Å². The first kappa shape index (κ1) is 11.0. The lowest BCUT2D eigenvalue weighted by Crippen LogP contribution is -2.58. The van der Waals surface area contributed by atoms with E-state index in [0.29, 0.717) is 0 Å². The first-order valence-electron chi connectivity index (χ1n) is 6.97. The van der Waals surface area contributed by atoms with Crippen molar-refractivity contribution in [3.05, 3.63) is 0 Å². The van der Waals surface area contributed by atoms with Crippen LogP contribution in [0.5, 0.6) is 0 Å². The molecule has 1 aliphatic carbocycles. The van der Waals surface area contributed by atoms with E-state index in [-0.39, 0.29) is 0 Å². The molecule has 1 atom stereocenters. The Morgan fingerprint density at radius 3 is 2.44 bits per heavy atom. The predicted octanol–water partition coefficient (Wildman–Crippen LogP) is 1.24. The van der Waals surface area contributed by atoms with Crippen LogP contribution in [0.2, 0.25) is 0 Å². The summed E-state index contributed by atoms with van der Waals surface area (Å²) in [6.07, 6.45) is 6.82. The predicted molar refractivity (Wildman–Crippen MR) is 64.5 cm³/mol. The molecule has 2 heterocycles. The highest BCUT2D eigenvalue weighted by atomic mass is 16.5. The minimum Gasteiger partial charge on any atom is -0.381 e. The zero-order valence-corrected chi connectivity index (χ0v) is 10.2. The van der Waals surface area contributed by atoms with Gasteiger partial charge in [0, 0.05) is 38.4 Å². The molecule has 0 amide bonds. The molecule has 2 aliphatic heterocycles. The summed E-state index contributed by atoms with van der Waals surface area (Å²) in [5.41, 5.74) is 0. The van der Waals surface area contributed by atoms with Crippen molar-refractivity contribution in [3.63, 3.8) is 0 Å². The molecule has 3 heteroatoms. The van der Waals surface area contributed by atoms with Crippen LogP contribution in [0, 0.1) is 5.92 Å². The second-order valence-electron chi connectivity index (χ2n) is 5.63. The fourth-order valence-electron chi connectivity index (χ4n) is 2.95. The molecule has 3 aliphatic rings. The zero-order chi connectivity index (χ0) is 10.8. The first-order chi connectivity index (χ1) is 7.93. The second kappa shape index (κ2) is 5.03. The van der Waals surface area contributed by atoms with E-state index in [2.05, 4.69) is 10.2 Å². The normalized spacial score (nSPS) is 32.6. The summed E-state index contributed by atoms with van der Waals surface area (Å²) in [6.45, 7) is 5.75. The van der Waals surface area contributed by atoms with E-state index < -0.39 is 0 Å². The number of nitrogens with one attached hydrogen (secondary N) is 1. The number of rotatable bonds is 5. The van der Waals surface area contributed by atoms with Crippen molar-refractivity contribution in [1.29, 1.82) is 0 Å². The van der Waals surface area contributed by atoms with Crippen LogP contribution >= 0.6 is 0 Å². The maximum absolute atomic E-state index is 5.43. The third kappa shape index (κ3) is 2.58. The summed E-state index contributed by atoms with van der Waals surface area (Å²) in [6, 6.07) is 1.64. The van der Waals surface area contributed by atoms with Crippen LogP contribution in [0.4, 0.5) is 0 Å². The molecule has 92 valence electrons. The molecule has 1 unspecified atom stereocenters. The van der Waals surface area contributed by atoms with Crippen molar-refractivity contribution in [2.75, 3.05) is 32.8 Å². The van der Waals surface area contributed by atoms with Crippen molar-refractivity contribution < 1.29 is 4.74 Å². The van der Waals surface area contributed by atoms with Gasteiger partial charge in [-0.25, -0.2) is 0 Å². The molecule has 0 radical (unpaired) electrons. The smallest absolute Gasteiger partial charge is 0.0480 e. The molecule has 1 N–H and O–H groups in total. The van der Waals surface area contributed by atoms with Crippen LogP contribution in [0.3, 0.4) is 0 Å². The van der Waals surface area contributed by atoms with E-state index in [0.717, 1.165) is 31.2 Å². The Kier molecular flexibility index (Phi) is 3.46. The Labute approximate surface area is 98.5 Å². The van der Waals surface area contributed by atoms with Gasteiger partial charge in [-0.15, -0.1) is 0 Å². The van der Waals surface area contributed by atoms with Gasteiger partial charge in [-0.1, -0.05) is 0 Å². The third-order valence-electron chi connectivity index (χ3n) is 4.36. The van der Waals surface area contributed by atoms with E-state index in [1.54, 1.807) is 0 Å². The fraction of sp³-hybridized carbons (Fsp3) is 1.00. The molecule has 0 aromatic heterocycles. The summed E-state index contributed by atoms with van der Waals surface area (Å²) in [5.74, 6) is 1.01. The van der Waals surface area contributed by atoms with Crippen LogP contribution < -0.4 is 5.32 Å². The first-order valence-corrected chi connectivity index (χ1v) is 6.97. The van der Waals surface area contributed by atoms with E-state index in [1.807, 2.05) is 0 Å². The monoisotopic (exact) mass is 224 g/mol. The molecular formula is C13H24N2O. The highest BCUT2D eigenvalue weighted by Crippen LogP contribution is 2.28. The number of hydrogen-bond acceptors (Lipinski definition) is 3. The van der Waals surface area contributed by atoms with Crippen LogP contribution in [0.25, 0.3) is 0 Å². The topological polar surface area (TPSA) is 24.5 Å². The SMILES string of the molecule is C1CC(N2CCC2CNCC2CC2)CCO1. The van der Waals surface area contributed by atoms with Gasteiger partial charge in [-0.3, -0.25) is 4.90 Å². The van der Waals surface area contributed by atoms with Crippen LogP contribution in [-0.2, 0) is 4.74 Å². The molecule has 0 spiro atoms. The van der Waals surface area contributed by atoms with Gasteiger partial charge < -0.3 is 10.1 Å². The van der Waals surface area contributed by atoms with Gasteiger partial charge in [0.05, 0.1) is 0 Å². The molecule has 0 bridgehead atoms. The molecular weight excluding hydrogens is 200 g/mol. The minimum atomic E-state index is 0.815. The van der Waals surface area contributed by atoms with Gasteiger partial charge in [0.1, 0.15) is 0 Å². The van der Waals surface area contributed by atoms with E-state index in [1.165, 1.54) is 51.7 Å². The maximum Gasteiger partial charge on any atom is 0.0480 e. The molecule has 3 rings (SSSR count). The standard InChI is InChI=1S/C13H24N2O/c1-2-11(1)9-14-10-13-3-6-15(13)12-4-7-16-8-5-12/h11-14H,1-10H2. The largest absolute Gasteiger partial charge is 0.381 e. The zero-order valence-electron chi connectivity index (χ0n) is 10.2. The lowest BCUT2D eigenvalue weighted by atomic mass is 9.95. The lowest BCUT2D eigenvalue weighted by molar-refractivity contribution is -0.0226.